The minimum Gasteiger partial charge on any atom is -0.489 e. The Morgan fingerprint density at radius 2 is 1.81 bits per heavy atom. The number of nitrogens with two attached hydrogens (primary N) is 1. The third-order valence-corrected chi connectivity index (χ3v) is 2.43. The largest absolute Gasteiger partial charge is 0.489 e. The standard InChI is InChI=1S/C13H18N2O5.ClH/c1-3-5-19-11-8-9(15(17)18)7-10(13(14)16)12(11)20-6-4-2;/h7-8H,3-6H2,1-2H3,(H2,14,16);1H. The van der Waals surface area contributed by atoms with Crippen molar-refractivity contribution in [3.63, 3.8) is 0 Å². The number of hydrogen-bond acceptors (Lipinski definition) is 5. The van der Waals surface area contributed by atoms with Gasteiger partial charge in [0.05, 0.1) is 29.8 Å². The number of non-ortho nitro benzene ring substituents is 1. The first-order valence-electron chi connectivity index (χ1n) is 6.39. The molecule has 0 atom stereocenters. The molecule has 1 amide bonds. The van der Waals surface area contributed by atoms with Crippen LogP contribution in [0, 0.1) is 10.1 Å². The summed E-state index contributed by atoms with van der Waals surface area (Å²) in [7, 11) is 0. The number of nitro groups is 1. The molecular formula is C13H19ClN2O5. The normalized spacial score (nSPS) is 9.62. The van der Waals surface area contributed by atoms with Crippen molar-refractivity contribution in [2.24, 2.45) is 5.73 Å². The molecule has 0 radical (unpaired) electrons. The van der Waals surface area contributed by atoms with Crippen LogP contribution in [0.1, 0.15) is 37.0 Å². The summed E-state index contributed by atoms with van der Waals surface area (Å²) in [5.74, 6) is -0.456. The minimum absolute atomic E-state index is 0. The summed E-state index contributed by atoms with van der Waals surface area (Å²) < 4.78 is 10.9. The van der Waals surface area contributed by atoms with Crippen LogP contribution < -0.4 is 15.2 Å². The number of carbonyl (C=O) groups excluding carboxylic acids is 1. The molecule has 1 aromatic carbocycles. The van der Waals surface area contributed by atoms with Crippen molar-refractivity contribution in [2.45, 2.75) is 26.7 Å². The summed E-state index contributed by atoms with van der Waals surface area (Å²) in [4.78, 5) is 21.7. The Labute approximate surface area is 129 Å². The molecule has 0 saturated heterocycles. The zero-order valence-corrected chi connectivity index (χ0v) is 12.8. The maximum absolute atomic E-state index is 11.4. The van der Waals surface area contributed by atoms with Crippen LogP contribution in [0.4, 0.5) is 5.69 Å². The highest BCUT2D eigenvalue weighted by Gasteiger charge is 2.22. The van der Waals surface area contributed by atoms with Gasteiger partial charge >= 0.3 is 0 Å². The molecule has 118 valence electrons. The van der Waals surface area contributed by atoms with Crippen LogP contribution >= 0.6 is 12.4 Å². The maximum Gasteiger partial charge on any atom is 0.274 e. The number of carbonyl (C=O) groups is 1. The molecule has 0 aliphatic heterocycles. The Morgan fingerprint density at radius 1 is 1.24 bits per heavy atom. The molecule has 1 aromatic rings. The number of primary amides is 1. The molecule has 0 unspecified atom stereocenters. The Hall–Kier alpha value is -2.02. The van der Waals surface area contributed by atoms with E-state index in [0.29, 0.717) is 13.2 Å². The van der Waals surface area contributed by atoms with Gasteiger partial charge in [-0.1, -0.05) is 13.8 Å². The Morgan fingerprint density at radius 3 is 2.29 bits per heavy atom. The lowest BCUT2D eigenvalue weighted by molar-refractivity contribution is -0.385. The summed E-state index contributed by atoms with van der Waals surface area (Å²) in [5, 5.41) is 10.9. The van der Waals surface area contributed by atoms with Gasteiger partial charge in [-0.2, -0.15) is 0 Å². The van der Waals surface area contributed by atoms with E-state index < -0.39 is 10.8 Å². The summed E-state index contributed by atoms with van der Waals surface area (Å²) in [5.41, 5.74) is 4.96. The van der Waals surface area contributed by atoms with Crippen LogP contribution in [-0.4, -0.2) is 24.0 Å². The van der Waals surface area contributed by atoms with Gasteiger partial charge < -0.3 is 15.2 Å². The second-order valence-electron chi connectivity index (χ2n) is 4.14. The van der Waals surface area contributed by atoms with E-state index in [1.807, 2.05) is 13.8 Å². The van der Waals surface area contributed by atoms with Crippen molar-refractivity contribution < 1.29 is 19.2 Å². The monoisotopic (exact) mass is 318 g/mol. The highest BCUT2D eigenvalue weighted by atomic mass is 35.5. The molecule has 0 aliphatic carbocycles. The fraction of sp³-hybridized carbons (Fsp3) is 0.462. The molecule has 0 fully saturated rings. The zero-order chi connectivity index (χ0) is 15.1. The molecule has 0 spiro atoms. The topological polar surface area (TPSA) is 105 Å². The predicted molar refractivity (Wildman–Crippen MR) is 80.4 cm³/mol. The van der Waals surface area contributed by atoms with E-state index in [1.165, 1.54) is 6.07 Å². The lowest BCUT2D eigenvalue weighted by Crippen LogP contribution is -2.15. The molecule has 1 rings (SSSR count). The first-order valence-corrected chi connectivity index (χ1v) is 6.39. The molecule has 0 aliphatic rings. The highest BCUT2D eigenvalue weighted by Crippen LogP contribution is 2.36. The summed E-state index contributed by atoms with van der Waals surface area (Å²) in [6, 6.07) is 2.35. The molecule has 8 heteroatoms. The maximum atomic E-state index is 11.4. The average molecular weight is 319 g/mol. The SMILES string of the molecule is CCCOc1cc([N+](=O)[O-])cc(C(N)=O)c1OCCC.Cl. The number of nitro benzene ring substituents is 1. The average Bonchev–Trinajstić information content (AvgIpc) is 2.42. The molecule has 0 saturated carbocycles. The van der Waals surface area contributed by atoms with Crippen molar-refractivity contribution in [3.05, 3.63) is 27.8 Å². The van der Waals surface area contributed by atoms with E-state index in [4.69, 9.17) is 15.2 Å². The van der Waals surface area contributed by atoms with Gasteiger partial charge in [-0.15, -0.1) is 12.4 Å². The first-order chi connectivity index (χ1) is 9.51. The smallest absolute Gasteiger partial charge is 0.274 e. The van der Waals surface area contributed by atoms with E-state index in [2.05, 4.69) is 0 Å². The molecule has 7 nitrogen and oxygen atoms in total. The predicted octanol–water partition coefficient (Wildman–Crippen LogP) is 2.69. The van der Waals surface area contributed by atoms with Crippen LogP contribution in [-0.2, 0) is 0 Å². The highest BCUT2D eigenvalue weighted by molar-refractivity contribution is 5.97. The van der Waals surface area contributed by atoms with Crippen molar-refractivity contribution in [1.82, 2.24) is 0 Å². The fourth-order valence-electron chi connectivity index (χ4n) is 1.55. The third kappa shape index (κ3) is 5.11. The number of nitrogens with zero attached hydrogens (tertiary/aromatic N) is 1. The summed E-state index contributed by atoms with van der Waals surface area (Å²) in [6.07, 6.45) is 1.45. The number of halogens is 1. The van der Waals surface area contributed by atoms with Gasteiger partial charge in [0.1, 0.15) is 0 Å². The number of hydrogen-bond donors (Lipinski definition) is 1. The van der Waals surface area contributed by atoms with Gasteiger partial charge in [0.25, 0.3) is 11.6 Å². The Kier molecular flexibility index (Phi) is 8.15. The number of amides is 1. The van der Waals surface area contributed by atoms with Gasteiger partial charge in [-0.25, -0.2) is 0 Å². The number of benzene rings is 1. The number of rotatable bonds is 8. The Bertz CT molecular complexity index is 508. The van der Waals surface area contributed by atoms with E-state index in [-0.39, 0.29) is 35.2 Å². The van der Waals surface area contributed by atoms with Gasteiger partial charge in [0.2, 0.25) is 0 Å². The van der Waals surface area contributed by atoms with Crippen molar-refractivity contribution in [3.8, 4) is 11.5 Å². The minimum atomic E-state index is -0.791. The van der Waals surface area contributed by atoms with Crippen LogP contribution in [0.25, 0.3) is 0 Å². The van der Waals surface area contributed by atoms with Gasteiger partial charge in [-0.3, -0.25) is 14.9 Å². The van der Waals surface area contributed by atoms with E-state index >= 15 is 0 Å². The molecule has 0 aromatic heterocycles. The lowest BCUT2D eigenvalue weighted by atomic mass is 10.1. The fourth-order valence-corrected chi connectivity index (χ4v) is 1.55. The number of ether oxygens (including phenoxy) is 2. The van der Waals surface area contributed by atoms with Crippen LogP contribution in [0.2, 0.25) is 0 Å². The van der Waals surface area contributed by atoms with Crippen LogP contribution in [0.15, 0.2) is 12.1 Å². The lowest BCUT2D eigenvalue weighted by Gasteiger charge is -2.14. The second-order valence-corrected chi connectivity index (χ2v) is 4.14. The van der Waals surface area contributed by atoms with E-state index in [9.17, 15) is 14.9 Å². The van der Waals surface area contributed by atoms with Crippen molar-refractivity contribution in [2.75, 3.05) is 13.2 Å². The molecule has 21 heavy (non-hydrogen) atoms. The van der Waals surface area contributed by atoms with E-state index in [0.717, 1.165) is 18.9 Å². The Balaban J connectivity index is 0.00000400. The zero-order valence-electron chi connectivity index (χ0n) is 12.0. The summed E-state index contributed by atoms with van der Waals surface area (Å²) in [6.45, 7) is 4.53. The second kappa shape index (κ2) is 9.02. The molecule has 2 N–H and O–H groups in total. The van der Waals surface area contributed by atoms with Crippen molar-refractivity contribution in [1.29, 1.82) is 0 Å². The molecule has 0 heterocycles. The molecular weight excluding hydrogens is 300 g/mol. The van der Waals surface area contributed by atoms with Gasteiger partial charge in [0, 0.05) is 6.07 Å². The van der Waals surface area contributed by atoms with Gasteiger partial charge in [-0.05, 0) is 12.8 Å². The third-order valence-electron chi connectivity index (χ3n) is 2.43. The first kappa shape index (κ1) is 19.0. The van der Waals surface area contributed by atoms with Gasteiger partial charge in [0.15, 0.2) is 11.5 Å². The van der Waals surface area contributed by atoms with Crippen molar-refractivity contribution >= 4 is 24.0 Å². The van der Waals surface area contributed by atoms with Crippen LogP contribution in [0.3, 0.4) is 0 Å². The van der Waals surface area contributed by atoms with E-state index in [1.54, 1.807) is 0 Å². The van der Waals surface area contributed by atoms with Crippen LogP contribution in [0.5, 0.6) is 11.5 Å². The summed E-state index contributed by atoms with van der Waals surface area (Å²) >= 11 is 0. The quantitative estimate of drug-likeness (QED) is 0.586. The molecule has 0 bridgehead atoms.